The van der Waals surface area contributed by atoms with E-state index in [0.29, 0.717) is 6.42 Å². The molecule has 0 atom stereocenters. The maximum absolute atomic E-state index is 12.1. The van der Waals surface area contributed by atoms with Gasteiger partial charge in [0.25, 0.3) is 0 Å². The van der Waals surface area contributed by atoms with Crippen molar-refractivity contribution in [3.63, 3.8) is 0 Å². The van der Waals surface area contributed by atoms with Crippen LogP contribution in [0, 0.1) is 0 Å². The number of amides is 2. The third-order valence-corrected chi connectivity index (χ3v) is 4.39. The van der Waals surface area contributed by atoms with Crippen LogP contribution in [0.1, 0.15) is 31.2 Å². The number of carbonyl (C=O) groups excluding carboxylic acids is 2. The summed E-state index contributed by atoms with van der Waals surface area (Å²) >= 11 is 0. The molecule has 112 valence electrons. The molecule has 0 spiro atoms. The molecule has 5 nitrogen and oxygen atoms in total. The number of aliphatic hydroxyl groups is 1. The van der Waals surface area contributed by atoms with E-state index < -0.39 is 5.60 Å². The Labute approximate surface area is 123 Å². The lowest BCUT2D eigenvalue weighted by Gasteiger charge is -2.37. The Morgan fingerprint density at radius 2 is 2.05 bits per heavy atom. The monoisotopic (exact) mass is 288 g/mol. The number of benzene rings is 1. The van der Waals surface area contributed by atoms with E-state index in [1.165, 1.54) is 0 Å². The van der Waals surface area contributed by atoms with Crippen LogP contribution in [0.4, 0.5) is 5.69 Å². The van der Waals surface area contributed by atoms with Gasteiger partial charge in [0.2, 0.25) is 11.8 Å². The van der Waals surface area contributed by atoms with E-state index in [0.717, 1.165) is 36.9 Å². The first-order chi connectivity index (χ1) is 10.1. The standard InChI is InChI=1S/C16H20N2O3/c19-14(17-11-16(21)8-3-9-16)10-18-13-5-2-1-4-12(13)6-7-15(18)20/h1-2,4-5,21H,3,6-11H2,(H,17,19). The molecule has 0 unspecified atom stereocenters. The molecule has 3 rings (SSSR count). The first kappa shape index (κ1) is 14.1. The zero-order chi connectivity index (χ0) is 14.9. The largest absolute Gasteiger partial charge is 0.388 e. The maximum Gasteiger partial charge on any atom is 0.240 e. The van der Waals surface area contributed by atoms with Gasteiger partial charge < -0.3 is 15.3 Å². The lowest BCUT2D eigenvalue weighted by Crippen LogP contribution is -2.50. The van der Waals surface area contributed by atoms with Gasteiger partial charge in [-0.1, -0.05) is 18.2 Å². The van der Waals surface area contributed by atoms with Gasteiger partial charge in [-0.25, -0.2) is 0 Å². The first-order valence-corrected chi connectivity index (χ1v) is 7.45. The number of para-hydroxylation sites is 1. The number of hydrogen-bond donors (Lipinski definition) is 2. The fraction of sp³-hybridized carbons (Fsp3) is 0.500. The van der Waals surface area contributed by atoms with Crippen molar-refractivity contribution in [1.29, 1.82) is 0 Å². The van der Waals surface area contributed by atoms with Crippen LogP contribution in [0.5, 0.6) is 0 Å². The summed E-state index contributed by atoms with van der Waals surface area (Å²) in [6, 6.07) is 7.68. The Hall–Kier alpha value is -1.88. The summed E-state index contributed by atoms with van der Waals surface area (Å²) in [5.41, 5.74) is 1.19. The summed E-state index contributed by atoms with van der Waals surface area (Å²) in [7, 11) is 0. The number of hydrogen-bond acceptors (Lipinski definition) is 3. The second kappa shape index (κ2) is 5.48. The maximum atomic E-state index is 12.1. The van der Waals surface area contributed by atoms with Gasteiger partial charge in [-0.2, -0.15) is 0 Å². The van der Waals surface area contributed by atoms with E-state index in [4.69, 9.17) is 0 Å². The van der Waals surface area contributed by atoms with Crippen molar-refractivity contribution in [3.8, 4) is 0 Å². The molecular weight excluding hydrogens is 268 g/mol. The molecule has 2 N–H and O–H groups in total. The molecule has 0 bridgehead atoms. The van der Waals surface area contributed by atoms with Gasteiger partial charge >= 0.3 is 0 Å². The fourth-order valence-electron chi connectivity index (χ4n) is 2.89. The highest BCUT2D eigenvalue weighted by molar-refractivity contribution is 6.01. The smallest absolute Gasteiger partial charge is 0.240 e. The fourth-order valence-corrected chi connectivity index (χ4v) is 2.89. The molecular formula is C16H20N2O3. The lowest BCUT2D eigenvalue weighted by atomic mass is 9.80. The van der Waals surface area contributed by atoms with Crippen molar-refractivity contribution < 1.29 is 14.7 Å². The minimum Gasteiger partial charge on any atom is -0.388 e. The summed E-state index contributed by atoms with van der Waals surface area (Å²) in [5, 5.41) is 12.7. The van der Waals surface area contributed by atoms with Crippen LogP contribution in [0.15, 0.2) is 24.3 Å². The minimum absolute atomic E-state index is 0.0198. The summed E-state index contributed by atoms with van der Waals surface area (Å²) in [6.07, 6.45) is 3.64. The van der Waals surface area contributed by atoms with Gasteiger partial charge in [0, 0.05) is 18.7 Å². The number of fused-ring (bicyclic) bond motifs is 1. The number of carbonyl (C=O) groups is 2. The molecule has 1 heterocycles. The Morgan fingerprint density at radius 1 is 1.29 bits per heavy atom. The molecule has 21 heavy (non-hydrogen) atoms. The highest BCUT2D eigenvalue weighted by Gasteiger charge is 2.35. The first-order valence-electron chi connectivity index (χ1n) is 7.45. The normalized spacial score (nSPS) is 19.7. The third-order valence-electron chi connectivity index (χ3n) is 4.39. The Bertz CT molecular complexity index is 566. The molecule has 5 heteroatoms. The summed E-state index contributed by atoms with van der Waals surface area (Å²) in [5.74, 6) is -0.244. The molecule has 2 amide bonds. The number of nitrogens with zero attached hydrogens (tertiary/aromatic N) is 1. The van der Waals surface area contributed by atoms with Crippen LogP contribution < -0.4 is 10.2 Å². The second-order valence-corrected chi connectivity index (χ2v) is 5.96. The molecule has 0 saturated heterocycles. The topological polar surface area (TPSA) is 69.6 Å². The number of nitrogens with one attached hydrogen (secondary N) is 1. The summed E-state index contributed by atoms with van der Waals surface area (Å²) < 4.78 is 0. The van der Waals surface area contributed by atoms with E-state index >= 15 is 0 Å². The van der Waals surface area contributed by atoms with Crippen LogP contribution in [-0.4, -0.2) is 35.6 Å². The van der Waals surface area contributed by atoms with E-state index in [2.05, 4.69) is 5.32 Å². The molecule has 1 aliphatic heterocycles. The molecule has 0 radical (unpaired) electrons. The predicted molar refractivity (Wildman–Crippen MR) is 78.9 cm³/mol. The van der Waals surface area contributed by atoms with Gasteiger partial charge in [0.1, 0.15) is 6.54 Å². The Balaban J connectivity index is 1.63. The molecule has 1 fully saturated rings. The Kier molecular flexibility index (Phi) is 3.68. The molecule has 1 aromatic carbocycles. The van der Waals surface area contributed by atoms with Gasteiger partial charge in [-0.15, -0.1) is 0 Å². The van der Waals surface area contributed by atoms with E-state index in [-0.39, 0.29) is 24.9 Å². The predicted octanol–water partition coefficient (Wildman–Crippen LogP) is 0.997. The van der Waals surface area contributed by atoms with Crippen molar-refractivity contribution in [2.45, 2.75) is 37.7 Å². The number of rotatable bonds is 4. The zero-order valence-electron chi connectivity index (χ0n) is 12.0. The lowest BCUT2D eigenvalue weighted by molar-refractivity contribution is -0.125. The van der Waals surface area contributed by atoms with Crippen molar-refractivity contribution in [1.82, 2.24) is 5.32 Å². The zero-order valence-corrected chi connectivity index (χ0v) is 12.0. The highest BCUT2D eigenvalue weighted by atomic mass is 16.3. The van der Waals surface area contributed by atoms with E-state index in [9.17, 15) is 14.7 Å². The van der Waals surface area contributed by atoms with Crippen LogP contribution in [0.2, 0.25) is 0 Å². The van der Waals surface area contributed by atoms with Gasteiger partial charge in [-0.3, -0.25) is 9.59 Å². The summed E-state index contributed by atoms with van der Waals surface area (Å²) in [4.78, 5) is 25.6. The SMILES string of the molecule is O=C(CN1C(=O)CCc2ccccc21)NCC1(O)CCC1. The van der Waals surface area contributed by atoms with E-state index in [1.54, 1.807) is 4.90 Å². The van der Waals surface area contributed by atoms with Gasteiger partial charge in [0.15, 0.2) is 0 Å². The van der Waals surface area contributed by atoms with E-state index in [1.807, 2.05) is 24.3 Å². The molecule has 1 saturated carbocycles. The van der Waals surface area contributed by atoms with Crippen LogP contribution in [-0.2, 0) is 16.0 Å². The molecule has 0 aromatic heterocycles. The average Bonchev–Trinajstić information content (AvgIpc) is 2.46. The van der Waals surface area contributed by atoms with Gasteiger partial charge in [0.05, 0.1) is 5.60 Å². The van der Waals surface area contributed by atoms with Crippen LogP contribution in [0.25, 0.3) is 0 Å². The van der Waals surface area contributed by atoms with Crippen LogP contribution in [0.3, 0.4) is 0 Å². The van der Waals surface area contributed by atoms with Gasteiger partial charge in [-0.05, 0) is 37.3 Å². The molecule has 2 aliphatic rings. The number of anilines is 1. The second-order valence-electron chi connectivity index (χ2n) is 5.96. The molecule has 1 aromatic rings. The van der Waals surface area contributed by atoms with Crippen molar-refractivity contribution in [2.75, 3.05) is 18.0 Å². The highest BCUT2D eigenvalue weighted by Crippen LogP contribution is 2.30. The van der Waals surface area contributed by atoms with Crippen molar-refractivity contribution in [3.05, 3.63) is 29.8 Å². The number of aryl methyl sites for hydroxylation is 1. The average molecular weight is 288 g/mol. The third kappa shape index (κ3) is 2.93. The Morgan fingerprint density at radius 3 is 2.76 bits per heavy atom. The van der Waals surface area contributed by atoms with Crippen molar-refractivity contribution in [2.24, 2.45) is 0 Å². The van der Waals surface area contributed by atoms with Crippen LogP contribution >= 0.6 is 0 Å². The summed E-state index contributed by atoms with van der Waals surface area (Å²) in [6.45, 7) is 0.293. The van der Waals surface area contributed by atoms with Crippen molar-refractivity contribution >= 4 is 17.5 Å². The molecule has 1 aliphatic carbocycles. The quantitative estimate of drug-likeness (QED) is 0.868. The minimum atomic E-state index is -0.737.